The van der Waals surface area contributed by atoms with Crippen LogP contribution >= 0.6 is 34.5 Å². The number of nitrogens with zero attached hydrogens (tertiary/aromatic N) is 3. The molecular weight excluding hydrogens is 446 g/mol. The molecule has 8 nitrogen and oxygen atoms in total. The van der Waals surface area contributed by atoms with Gasteiger partial charge in [0.05, 0.1) is 5.69 Å². The fourth-order valence-electron chi connectivity index (χ4n) is 2.05. The number of carbonyl (C=O) groups excluding carboxylic acids is 1. The van der Waals surface area contributed by atoms with E-state index >= 15 is 0 Å². The Morgan fingerprint density at radius 3 is 2.61 bits per heavy atom. The highest BCUT2D eigenvalue weighted by atomic mass is 35.5. The van der Waals surface area contributed by atoms with Crippen LogP contribution in [0.3, 0.4) is 0 Å². The van der Waals surface area contributed by atoms with Gasteiger partial charge in [0.15, 0.2) is 6.61 Å². The Hall–Kier alpha value is -2.21. The lowest BCUT2D eigenvalue weighted by atomic mass is 10.3. The highest BCUT2D eigenvalue weighted by molar-refractivity contribution is 7.94. The van der Waals surface area contributed by atoms with Gasteiger partial charge in [-0.3, -0.25) is 4.31 Å². The van der Waals surface area contributed by atoms with Crippen LogP contribution in [0.4, 0.5) is 5.69 Å². The van der Waals surface area contributed by atoms with E-state index in [1.807, 2.05) is 0 Å². The van der Waals surface area contributed by atoms with Gasteiger partial charge in [-0.2, -0.15) is 0 Å². The van der Waals surface area contributed by atoms with Crippen LogP contribution in [0, 0.1) is 0 Å². The van der Waals surface area contributed by atoms with Gasteiger partial charge in [0.2, 0.25) is 0 Å². The van der Waals surface area contributed by atoms with Crippen LogP contribution in [0.5, 0.6) is 5.75 Å². The SMILES string of the molecule is CN(c1ccc(OCC(=O)OCc2nnsc2Cl)cc1)S(=O)(=O)c1cccs1. The van der Waals surface area contributed by atoms with Gasteiger partial charge >= 0.3 is 5.97 Å². The highest BCUT2D eigenvalue weighted by Crippen LogP contribution is 2.26. The number of benzene rings is 1. The van der Waals surface area contributed by atoms with Crippen molar-refractivity contribution in [3.05, 3.63) is 51.8 Å². The van der Waals surface area contributed by atoms with Crippen LogP contribution in [0.15, 0.2) is 46.0 Å². The van der Waals surface area contributed by atoms with E-state index in [1.165, 1.54) is 11.4 Å². The molecule has 0 N–H and O–H groups in total. The first-order valence-corrected chi connectivity index (χ1v) is 11.2. The summed E-state index contributed by atoms with van der Waals surface area (Å²) < 4.78 is 40.8. The van der Waals surface area contributed by atoms with Crippen molar-refractivity contribution in [1.82, 2.24) is 9.59 Å². The number of ether oxygens (including phenoxy) is 2. The van der Waals surface area contributed by atoms with Gasteiger partial charge in [-0.15, -0.1) is 16.4 Å². The summed E-state index contributed by atoms with van der Waals surface area (Å²) in [5.41, 5.74) is 0.855. The second kappa shape index (κ2) is 8.86. The molecule has 2 heterocycles. The number of anilines is 1. The van der Waals surface area contributed by atoms with Crippen molar-refractivity contribution in [2.45, 2.75) is 10.8 Å². The van der Waals surface area contributed by atoms with Crippen LogP contribution in [0.25, 0.3) is 0 Å². The zero-order valence-electron chi connectivity index (χ0n) is 14.4. The number of hydrogen-bond acceptors (Lipinski definition) is 9. The molecule has 0 aliphatic heterocycles. The smallest absolute Gasteiger partial charge is 0.344 e. The molecule has 0 fully saturated rings. The molecule has 0 saturated carbocycles. The normalized spacial score (nSPS) is 11.2. The van der Waals surface area contributed by atoms with Gasteiger partial charge in [-0.25, -0.2) is 13.2 Å². The van der Waals surface area contributed by atoms with Gasteiger partial charge < -0.3 is 9.47 Å². The largest absolute Gasteiger partial charge is 0.482 e. The average molecular weight is 460 g/mol. The molecule has 1 aromatic carbocycles. The van der Waals surface area contributed by atoms with E-state index in [-0.39, 0.29) is 17.4 Å². The molecular formula is C16H14ClN3O5S3. The summed E-state index contributed by atoms with van der Waals surface area (Å²) in [7, 11) is -2.13. The van der Waals surface area contributed by atoms with E-state index < -0.39 is 16.0 Å². The van der Waals surface area contributed by atoms with Crippen LogP contribution < -0.4 is 9.04 Å². The summed E-state index contributed by atoms with van der Waals surface area (Å²) in [6, 6.07) is 9.56. The van der Waals surface area contributed by atoms with Crippen LogP contribution in [-0.2, 0) is 26.2 Å². The summed E-state index contributed by atoms with van der Waals surface area (Å²) in [4.78, 5) is 11.7. The summed E-state index contributed by atoms with van der Waals surface area (Å²) in [6.45, 7) is -0.389. The average Bonchev–Trinajstić information content (AvgIpc) is 3.37. The number of carbonyl (C=O) groups is 1. The summed E-state index contributed by atoms with van der Waals surface area (Å²) in [5.74, 6) is -0.193. The van der Waals surface area contributed by atoms with Gasteiger partial charge in [0, 0.05) is 18.6 Å². The first-order valence-electron chi connectivity index (χ1n) is 7.75. The Morgan fingerprint density at radius 2 is 2.00 bits per heavy atom. The molecule has 28 heavy (non-hydrogen) atoms. The van der Waals surface area contributed by atoms with Crippen molar-refractivity contribution in [3.63, 3.8) is 0 Å². The Bertz CT molecular complexity index is 1040. The number of halogens is 1. The molecule has 0 aliphatic rings. The fraction of sp³-hybridized carbons (Fsp3) is 0.188. The zero-order chi connectivity index (χ0) is 20.1. The number of aromatic nitrogens is 2. The van der Waals surface area contributed by atoms with E-state index in [0.717, 1.165) is 22.9 Å². The molecule has 0 atom stereocenters. The molecule has 0 spiro atoms. The van der Waals surface area contributed by atoms with Gasteiger partial charge in [0.25, 0.3) is 10.0 Å². The number of rotatable bonds is 8. The molecule has 0 amide bonds. The molecule has 3 aromatic rings. The minimum Gasteiger partial charge on any atom is -0.482 e. The minimum atomic E-state index is -3.60. The van der Waals surface area contributed by atoms with E-state index in [0.29, 0.717) is 21.5 Å². The monoisotopic (exact) mass is 459 g/mol. The van der Waals surface area contributed by atoms with Crippen molar-refractivity contribution in [3.8, 4) is 5.75 Å². The van der Waals surface area contributed by atoms with Crippen molar-refractivity contribution in [1.29, 1.82) is 0 Å². The molecule has 12 heteroatoms. The third kappa shape index (κ3) is 4.79. The molecule has 0 bridgehead atoms. The molecule has 0 radical (unpaired) electrons. The Balaban J connectivity index is 1.54. The lowest BCUT2D eigenvalue weighted by molar-refractivity contribution is -0.147. The number of hydrogen-bond donors (Lipinski definition) is 0. The van der Waals surface area contributed by atoms with Crippen molar-refractivity contribution in [2.24, 2.45) is 0 Å². The number of sulfonamides is 1. The Labute approximate surface area is 174 Å². The first kappa shape index (κ1) is 20.5. The van der Waals surface area contributed by atoms with Gasteiger partial charge in [-0.1, -0.05) is 22.2 Å². The molecule has 0 saturated heterocycles. The molecule has 0 aliphatic carbocycles. The van der Waals surface area contributed by atoms with E-state index in [1.54, 1.807) is 41.8 Å². The van der Waals surface area contributed by atoms with E-state index in [4.69, 9.17) is 21.1 Å². The maximum absolute atomic E-state index is 12.5. The van der Waals surface area contributed by atoms with Crippen molar-refractivity contribution >= 4 is 56.2 Å². The van der Waals surface area contributed by atoms with Gasteiger partial charge in [0.1, 0.15) is 26.6 Å². The quantitative estimate of drug-likeness (QED) is 0.477. The third-order valence-corrected chi connectivity index (χ3v) is 7.69. The summed E-state index contributed by atoms with van der Waals surface area (Å²) >= 11 is 7.98. The van der Waals surface area contributed by atoms with Crippen molar-refractivity contribution < 1.29 is 22.7 Å². The molecule has 148 valence electrons. The third-order valence-electron chi connectivity index (χ3n) is 3.55. The first-order chi connectivity index (χ1) is 13.4. The summed E-state index contributed by atoms with van der Waals surface area (Å²) in [6.07, 6.45) is 0. The summed E-state index contributed by atoms with van der Waals surface area (Å²) in [5, 5.41) is 5.44. The topological polar surface area (TPSA) is 98.7 Å². The number of thiophene rings is 1. The second-order valence-corrected chi connectivity index (χ2v) is 9.84. The maximum Gasteiger partial charge on any atom is 0.344 e. The van der Waals surface area contributed by atoms with Crippen LogP contribution in [-0.4, -0.2) is 37.6 Å². The Kier molecular flexibility index (Phi) is 6.50. The zero-order valence-corrected chi connectivity index (χ0v) is 17.6. The molecule has 2 aromatic heterocycles. The predicted molar refractivity (Wildman–Crippen MR) is 107 cm³/mol. The Morgan fingerprint density at radius 1 is 1.25 bits per heavy atom. The lowest BCUT2D eigenvalue weighted by Gasteiger charge is -2.18. The fourth-order valence-corrected chi connectivity index (χ4v) is 5.01. The maximum atomic E-state index is 12.5. The van der Waals surface area contributed by atoms with Crippen LogP contribution in [0.2, 0.25) is 4.34 Å². The van der Waals surface area contributed by atoms with Crippen LogP contribution in [0.1, 0.15) is 5.69 Å². The molecule has 3 rings (SSSR count). The standard InChI is InChI=1S/C16H14ClN3O5S3/c1-20(28(22,23)15-3-2-8-26-15)11-4-6-12(7-5-11)24-10-14(21)25-9-13-16(17)27-19-18-13/h2-8H,9-10H2,1H3. The van der Waals surface area contributed by atoms with Crippen molar-refractivity contribution in [2.75, 3.05) is 18.0 Å². The second-order valence-electron chi connectivity index (χ2n) is 5.34. The lowest BCUT2D eigenvalue weighted by Crippen LogP contribution is -2.25. The highest BCUT2D eigenvalue weighted by Gasteiger charge is 2.22. The van der Waals surface area contributed by atoms with Gasteiger partial charge in [-0.05, 0) is 35.7 Å². The number of esters is 1. The predicted octanol–water partition coefficient (Wildman–Crippen LogP) is 3.20. The molecule has 0 unspecified atom stereocenters. The van der Waals surface area contributed by atoms with E-state index in [2.05, 4.69) is 9.59 Å². The van der Waals surface area contributed by atoms with E-state index in [9.17, 15) is 13.2 Å². The minimum absolute atomic E-state index is 0.0815.